The van der Waals surface area contributed by atoms with E-state index < -0.39 is 23.1 Å². The summed E-state index contributed by atoms with van der Waals surface area (Å²) in [5.74, 6) is -1.48. The first-order valence-electron chi connectivity index (χ1n) is 3.80. The van der Waals surface area contributed by atoms with Gasteiger partial charge in [0.25, 0.3) is 11.3 Å². The average molecular weight is 233 g/mol. The van der Waals surface area contributed by atoms with Crippen LogP contribution >= 0.6 is 0 Å². The summed E-state index contributed by atoms with van der Waals surface area (Å²) >= 11 is -2.35. The van der Waals surface area contributed by atoms with E-state index in [4.69, 9.17) is 4.55 Å². The molecule has 0 aliphatic rings. The number of benzene rings is 1. The van der Waals surface area contributed by atoms with E-state index in [-0.39, 0.29) is 11.3 Å². The molecule has 5 nitrogen and oxygen atoms in total. The quantitative estimate of drug-likeness (QED) is 0.606. The maximum Gasteiger partial charge on any atom is 0.337 e. The summed E-state index contributed by atoms with van der Waals surface area (Å²) in [6, 6.07) is 3.38. The summed E-state index contributed by atoms with van der Waals surface area (Å²) in [4.78, 5) is 11.0. The van der Waals surface area contributed by atoms with Gasteiger partial charge in [-0.2, -0.15) is 0 Å². The molecular weight excluding hydrogens is 225 g/mol. The molecule has 0 spiro atoms. The molecule has 2 N–H and O–H groups in total. The number of hydrogen-bond acceptors (Lipinski definition) is 3. The molecule has 0 aliphatic heterocycles. The zero-order valence-corrected chi connectivity index (χ0v) is 8.51. The number of rotatable bonds is 3. The molecule has 0 saturated heterocycles. The van der Waals surface area contributed by atoms with Gasteiger partial charge in [0.15, 0.2) is 0 Å². The van der Waals surface area contributed by atoms with Crippen molar-refractivity contribution in [2.24, 2.45) is 0 Å². The monoisotopic (exact) mass is 233 g/mol. The van der Waals surface area contributed by atoms with Crippen molar-refractivity contribution in [1.29, 1.82) is 0 Å². The first-order valence-corrected chi connectivity index (χ1v) is 4.90. The van der Waals surface area contributed by atoms with Crippen molar-refractivity contribution in [2.45, 2.75) is 0 Å². The maximum absolute atomic E-state index is 13.2. The van der Waals surface area contributed by atoms with Gasteiger partial charge in [0.05, 0.1) is 18.4 Å². The molecule has 1 aromatic carbocycles. The molecule has 0 amide bonds. The Morgan fingerprint density at radius 2 is 2.27 bits per heavy atom. The maximum atomic E-state index is 13.2. The third-order valence-electron chi connectivity index (χ3n) is 1.59. The molecule has 7 heteroatoms. The third kappa shape index (κ3) is 3.00. The number of anilines is 1. The van der Waals surface area contributed by atoms with Crippen molar-refractivity contribution in [3.05, 3.63) is 29.6 Å². The minimum Gasteiger partial charge on any atom is -0.465 e. The van der Waals surface area contributed by atoms with Gasteiger partial charge in [-0.15, -0.1) is 0 Å². The summed E-state index contributed by atoms with van der Waals surface area (Å²) in [6.45, 7) is 0. The molecule has 15 heavy (non-hydrogen) atoms. The molecule has 0 heterocycles. The van der Waals surface area contributed by atoms with E-state index in [0.717, 1.165) is 6.07 Å². The van der Waals surface area contributed by atoms with Gasteiger partial charge in [-0.3, -0.25) is 9.27 Å². The highest BCUT2D eigenvalue weighted by Gasteiger charge is 2.10. The standard InChI is InChI=1S/C8H8FNO4S/c1-14-8(11)5-2-3-7(6(9)4-5)10-15(12)13/h2-4,10H,1H3,(H,12,13). The van der Waals surface area contributed by atoms with Crippen LogP contribution in [0.15, 0.2) is 18.2 Å². The molecule has 1 aromatic rings. The molecule has 0 radical (unpaired) electrons. The van der Waals surface area contributed by atoms with Crippen LogP contribution in [0.3, 0.4) is 0 Å². The number of halogens is 1. The molecule has 1 unspecified atom stereocenters. The largest absolute Gasteiger partial charge is 0.465 e. The van der Waals surface area contributed by atoms with Crippen LogP contribution in [-0.2, 0) is 16.0 Å². The Morgan fingerprint density at radius 1 is 1.60 bits per heavy atom. The van der Waals surface area contributed by atoms with Crippen molar-refractivity contribution in [3.8, 4) is 0 Å². The van der Waals surface area contributed by atoms with E-state index in [9.17, 15) is 13.4 Å². The van der Waals surface area contributed by atoms with Crippen LogP contribution in [0.4, 0.5) is 10.1 Å². The van der Waals surface area contributed by atoms with Crippen molar-refractivity contribution in [1.82, 2.24) is 0 Å². The Balaban J connectivity index is 2.97. The van der Waals surface area contributed by atoms with Crippen molar-refractivity contribution >= 4 is 22.9 Å². The Morgan fingerprint density at radius 3 is 2.73 bits per heavy atom. The number of carbonyl (C=O) groups is 1. The Kier molecular flexibility index (Phi) is 3.75. The van der Waals surface area contributed by atoms with E-state index in [1.165, 1.54) is 19.2 Å². The van der Waals surface area contributed by atoms with Crippen molar-refractivity contribution in [2.75, 3.05) is 11.8 Å². The first-order chi connectivity index (χ1) is 7.04. The Labute approximate surface area is 87.7 Å². The van der Waals surface area contributed by atoms with E-state index in [2.05, 4.69) is 4.74 Å². The number of carbonyl (C=O) groups excluding carboxylic acids is 1. The van der Waals surface area contributed by atoms with E-state index in [0.29, 0.717) is 0 Å². The molecule has 0 bridgehead atoms. The summed E-state index contributed by atoms with van der Waals surface area (Å²) in [6.07, 6.45) is 0. The second-order valence-electron chi connectivity index (χ2n) is 2.54. The van der Waals surface area contributed by atoms with Crippen LogP contribution in [0.2, 0.25) is 0 Å². The molecule has 1 rings (SSSR count). The molecule has 0 aliphatic carbocycles. The highest BCUT2D eigenvalue weighted by atomic mass is 32.2. The summed E-state index contributed by atoms with van der Waals surface area (Å²) in [5, 5.41) is 0. The predicted octanol–water partition coefficient (Wildman–Crippen LogP) is 1.16. The molecule has 82 valence electrons. The number of nitrogens with one attached hydrogen (secondary N) is 1. The number of hydrogen-bond donors (Lipinski definition) is 2. The molecule has 0 aromatic heterocycles. The second-order valence-corrected chi connectivity index (χ2v) is 3.24. The lowest BCUT2D eigenvalue weighted by Crippen LogP contribution is -2.06. The van der Waals surface area contributed by atoms with Gasteiger partial charge in [-0.25, -0.2) is 13.4 Å². The van der Waals surface area contributed by atoms with Gasteiger partial charge in [-0.05, 0) is 18.2 Å². The lowest BCUT2D eigenvalue weighted by Gasteiger charge is -2.04. The van der Waals surface area contributed by atoms with Gasteiger partial charge >= 0.3 is 5.97 Å². The van der Waals surface area contributed by atoms with Crippen LogP contribution in [0.5, 0.6) is 0 Å². The Hall–Kier alpha value is -1.47. The highest BCUT2D eigenvalue weighted by Crippen LogP contribution is 2.16. The van der Waals surface area contributed by atoms with Gasteiger partial charge < -0.3 is 4.74 Å². The number of esters is 1. The Bertz CT molecular complexity index is 410. The molecule has 0 saturated carbocycles. The van der Waals surface area contributed by atoms with Crippen LogP contribution in [0.1, 0.15) is 10.4 Å². The van der Waals surface area contributed by atoms with Crippen LogP contribution in [0, 0.1) is 5.82 Å². The minimum atomic E-state index is -2.35. The van der Waals surface area contributed by atoms with Crippen LogP contribution in [-0.4, -0.2) is 21.8 Å². The number of ether oxygens (including phenoxy) is 1. The smallest absolute Gasteiger partial charge is 0.337 e. The predicted molar refractivity (Wildman–Crippen MR) is 52.1 cm³/mol. The van der Waals surface area contributed by atoms with Gasteiger partial charge in [0.1, 0.15) is 5.82 Å². The van der Waals surface area contributed by atoms with Crippen LogP contribution in [0.25, 0.3) is 0 Å². The zero-order valence-electron chi connectivity index (χ0n) is 7.69. The lowest BCUT2D eigenvalue weighted by atomic mass is 10.2. The molecular formula is C8H8FNO4S. The summed E-state index contributed by atoms with van der Waals surface area (Å²) in [5.41, 5.74) is -0.132. The SMILES string of the molecule is COC(=O)c1ccc(NS(=O)O)c(F)c1. The van der Waals surface area contributed by atoms with Gasteiger partial charge in [-0.1, -0.05) is 0 Å². The fraction of sp³-hybridized carbons (Fsp3) is 0.125. The second kappa shape index (κ2) is 4.85. The van der Waals surface area contributed by atoms with E-state index in [1.54, 1.807) is 0 Å². The van der Waals surface area contributed by atoms with Crippen LogP contribution < -0.4 is 4.72 Å². The van der Waals surface area contributed by atoms with E-state index in [1.807, 2.05) is 4.72 Å². The van der Waals surface area contributed by atoms with E-state index >= 15 is 0 Å². The highest BCUT2D eigenvalue weighted by molar-refractivity contribution is 7.80. The lowest BCUT2D eigenvalue weighted by molar-refractivity contribution is 0.0600. The zero-order chi connectivity index (χ0) is 11.4. The molecule has 0 fully saturated rings. The fourth-order valence-electron chi connectivity index (χ4n) is 0.937. The van der Waals surface area contributed by atoms with Crippen molar-refractivity contribution < 1.29 is 22.7 Å². The van der Waals surface area contributed by atoms with Crippen molar-refractivity contribution in [3.63, 3.8) is 0 Å². The molecule has 1 atom stereocenters. The average Bonchev–Trinajstić information content (AvgIpc) is 2.19. The summed E-state index contributed by atoms with van der Waals surface area (Å²) < 4.78 is 38.3. The first kappa shape index (κ1) is 11.6. The summed E-state index contributed by atoms with van der Waals surface area (Å²) in [7, 11) is 1.18. The normalized spacial score (nSPS) is 11.9. The minimum absolute atomic E-state index is 0.0317. The third-order valence-corrected chi connectivity index (χ3v) is 1.98. The van der Waals surface area contributed by atoms with Gasteiger partial charge in [0.2, 0.25) is 0 Å². The fourth-order valence-corrected chi connectivity index (χ4v) is 1.29. The topological polar surface area (TPSA) is 75.6 Å². The van der Waals surface area contributed by atoms with Gasteiger partial charge in [0, 0.05) is 0 Å². The number of methoxy groups -OCH3 is 1.